The van der Waals surface area contributed by atoms with E-state index in [1.54, 1.807) is 12.3 Å². The lowest BCUT2D eigenvalue weighted by molar-refractivity contribution is 0.160. The molecule has 2 heterocycles. The zero-order valence-electron chi connectivity index (χ0n) is 14.7. The van der Waals surface area contributed by atoms with E-state index < -0.39 is 0 Å². The molecular weight excluding hydrogens is 334 g/mol. The number of benzene rings is 1. The van der Waals surface area contributed by atoms with Gasteiger partial charge in [-0.3, -0.25) is 4.90 Å². The number of aryl methyl sites for hydroxylation is 1. The van der Waals surface area contributed by atoms with Gasteiger partial charge >= 0.3 is 0 Å². The van der Waals surface area contributed by atoms with Crippen LogP contribution in [0, 0.1) is 6.92 Å². The van der Waals surface area contributed by atoms with Crippen LogP contribution in [0.25, 0.3) is 0 Å². The van der Waals surface area contributed by atoms with Crippen LogP contribution in [0.4, 0.5) is 5.82 Å². The Bertz CT molecular complexity index is 698. The first-order chi connectivity index (χ1) is 12.1. The molecule has 25 heavy (non-hydrogen) atoms. The summed E-state index contributed by atoms with van der Waals surface area (Å²) in [7, 11) is 0. The van der Waals surface area contributed by atoms with E-state index in [9.17, 15) is 0 Å². The Morgan fingerprint density at radius 1 is 1.24 bits per heavy atom. The first-order valence-corrected chi connectivity index (χ1v) is 9.27. The SMILES string of the molecule is Cc1cc(Cl)ccc1CN(Cc1nccc(N)n1)[C@H]1CCCNCC1. The number of nitrogens with one attached hydrogen (secondary N) is 1. The number of anilines is 1. The van der Waals surface area contributed by atoms with Gasteiger partial charge in [0.2, 0.25) is 0 Å². The Kier molecular flexibility index (Phi) is 6.24. The number of rotatable bonds is 5. The molecule has 1 aromatic heterocycles. The highest BCUT2D eigenvalue weighted by Crippen LogP contribution is 2.22. The van der Waals surface area contributed by atoms with Gasteiger partial charge in [0.15, 0.2) is 0 Å². The summed E-state index contributed by atoms with van der Waals surface area (Å²) in [5.41, 5.74) is 8.35. The molecule has 1 aliphatic rings. The highest BCUT2D eigenvalue weighted by Gasteiger charge is 2.22. The van der Waals surface area contributed by atoms with Crippen LogP contribution >= 0.6 is 11.6 Å². The number of hydrogen-bond acceptors (Lipinski definition) is 5. The summed E-state index contributed by atoms with van der Waals surface area (Å²) in [4.78, 5) is 11.3. The summed E-state index contributed by atoms with van der Waals surface area (Å²) in [5.74, 6) is 1.30. The van der Waals surface area contributed by atoms with Crippen molar-refractivity contribution >= 4 is 17.4 Å². The standard InChI is InChI=1S/C19H26ClN5/c1-14-11-16(20)5-4-15(14)12-25(17-3-2-8-22-9-6-17)13-19-23-10-7-18(21)24-19/h4-5,7,10-11,17,22H,2-3,6,8-9,12-13H2,1H3,(H2,21,23,24)/t17-/m0/s1. The largest absolute Gasteiger partial charge is 0.384 e. The first-order valence-electron chi connectivity index (χ1n) is 8.89. The van der Waals surface area contributed by atoms with E-state index in [0.717, 1.165) is 36.9 Å². The second-order valence-corrected chi connectivity index (χ2v) is 7.14. The molecule has 134 valence electrons. The Hall–Kier alpha value is -1.69. The van der Waals surface area contributed by atoms with Crippen LogP contribution in [-0.2, 0) is 13.1 Å². The highest BCUT2D eigenvalue weighted by atomic mass is 35.5. The Labute approximate surface area is 154 Å². The van der Waals surface area contributed by atoms with Gasteiger partial charge in [0.05, 0.1) is 6.54 Å². The minimum atomic E-state index is 0.509. The average Bonchev–Trinajstić information content (AvgIpc) is 2.86. The van der Waals surface area contributed by atoms with Gasteiger partial charge in [-0.15, -0.1) is 0 Å². The van der Waals surface area contributed by atoms with Gasteiger partial charge in [0.25, 0.3) is 0 Å². The van der Waals surface area contributed by atoms with Crippen LogP contribution in [0.1, 0.15) is 36.2 Å². The van der Waals surface area contributed by atoms with Gasteiger partial charge in [-0.05, 0) is 68.6 Å². The summed E-state index contributed by atoms with van der Waals surface area (Å²) >= 11 is 6.12. The zero-order valence-corrected chi connectivity index (χ0v) is 15.5. The van der Waals surface area contributed by atoms with Crippen LogP contribution in [0.2, 0.25) is 5.02 Å². The molecule has 0 radical (unpaired) electrons. The predicted octanol–water partition coefficient (Wildman–Crippen LogP) is 3.16. The number of nitrogens with zero attached hydrogens (tertiary/aromatic N) is 3. The second kappa shape index (κ2) is 8.61. The van der Waals surface area contributed by atoms with Gasteiger partial charge in [0.1, 0.15) is 11.6 Å². The van der Waals surface area contributed by atoms with Crippen molar-refractivity contribution in [2.75, 3.05) is 18.8 Å². The predicted molar refractivity (Wildman–Crippen MR) is 102 cm³/mol. The third kappa shape index (κ3) is 5.14. The number of nitrogen functional groups attached to an aromatic ring is 1. The zero-order chi connectivity index (χ0) is 17.6. The highest BCUT2D eigenvalue weighted by molar-refractivity contribution is 6.30. The molecule has 1 atom stereocenters. The van der Waals surface area contributed by atoms with Crippen molar-refractivity contribution in [3.05, 3.63) is 52.4 Å². The molecule has 3 N–H and O–H groups in total. The van der Waals surface area contributed by atoms with Crippen molar-refractivity contribution in [2.24, 2.45) is 0 Å². The Morgan fingerprint density at radius 2 is 2.12 bits per heavy atom. The molecule has 0 amide bonds. The first kappa shape index (κ1) is 18.1. The fourth-order valence-corrected chi connectivity index (χ4v) is 3.63. The van der Waals surface area contributed by atoms with Crippen LogP contribution in [0.3, 0.4) is 0 Å². The van der Waals surface area contributed by atoms with Gasteiger partial charge < -0.3 is 11.1 Å². The number of aromatic nitrogens is 2. The summed E-state index contributed by atoms with van der Waals surface area (Å²) in [6.45, 7) is 5.84. The van der Waals surface area contributed by atoms with Gasteiger partial charge in [-0.25, -0.2) is 9.97 Å². The van der Waals surface area contributed by atoms with Crippen LogP contribution in [-0.4, -0.2) is 34.0 Å². The lowest BCUT2D eigenvalue weighted by Crippen LogP contribution is -2.35. The van der Waals surface area contributed by atoms with Crippen molar-refractivity contribution in [3.63, 3.8) is 0 Å². The number of hydrogen-bond donors (Lipinski definition) is 2. The molecule has 5 nitrogen and oxygen atoms in total. The molecule has 1 aliphatic heterocycles. The van der Waals surface area contributed by atoms with Crippen LogP contribution < -0.4 is 11.1 Å². The van der Waals surface area contributed by atoms with Crippen molar-refractivity contribution in [1.82, 2.24) is 20.2 Å². The Morgan fingerprint density at radius 3 is 2.92 bits per heavy atom. The summed E-state index contributed by atoms with van der Waals surface area (Å²) in [5, 5.41) is 4.28. The molecule has 0 bridgehead atoms. The second-order valence-electron chi connectivity index (χ2n) is 6.71. The van der Waals surface area contributed by atoms with E-state index in [-0.39, 0.29) is 0 Å². The van der Waals surface area contributed by atoms with Crippen molar-refractivity contribution in [2.45, 2.75) is 45.3 Å². The van der Waals surface area contributed by atoms with Crippen LogP contribution in [0.5, 0.6) is 0 Å². The third-order valence-electron chi connectivity index (χ3n) is 4.81. The molecule has 1 aromatic carbocycles. The summed E-state index contributed by atoms with van der Waals surface area (Å²) < 4.78 is 0. The lowest BCUT2D eigenvalue weighted by Gasteiger charge is -2.31. The summed E-state index contributed by atoms with van der Waals surface area (Å²) in [6.07, 6.45) is 5.24. The lowest BCUT2D eigenvalue weighted by atomic mass is 10.0. The van der Waals surface area contributed by atoms with E-state index in [1.165, 1.54) is 24.0 Å². The maximum atomic E-state index is 6.12. The third-order valence-corrected chi connectivity index (χ3v) is 5.05. The van der Waals surface area contributed by atoms with Gasteiger partial charge in [-0.2, -0.15) is 0 Å². The minimum absolute atomic E-state index is 0.509. The molecule has 0 saturated carbocycles. The molecule has 6 heteroatoms. The maximum Gasteiger partial charge on any atom is 0.144 e. The molecule has 0 unspecified atom stereocenters. The fourth-order valence-electron chi connectivity index (χ4n) is 3.41. The van der Waals surface area contributed by atoms with E-state index >= 15 is 0 Å². The van der Waals surface area contributed by atoms with Crippen molar-refractivity contribution in [3.8, 4) is 0 Å². The average molecular weight is 360 g/mol. The summed E-state index contributed by atoms with van der Waals surface area (Å²) in [6, 6.07) is 8.36. The molecule has 3 rings (SSSR count). The maximum absolute atomic E-state index is 6.12. The smallest absolute Gasteiger partial charge is 0.144 e. The van der Waals surface area contributed by atoms with Crippen molar-refractivity contribution < 1.29 is 0 Å². The molecule has 1 fully saturated rings. The quantitative estimate of drug-likeness (QED) is 0.858. The van der Waals surface area contributed by atoms with E-state index in [4.69, 9.17) is 17.3 Å². The van der Waals surface area contributed by atoms with E-state index in [2.05, 4.69) is 33.2 Å². The molecule has 1 saturated heterocycles. The van der Waals surface area contributed by atoms with Gasteiger partial charge in [-0.1, -0.05) is 17.7 Å². The monoisotopic (exact) mass is 359 g/mol. The fraction of sp³-hybridized carbons (Fsp3) is 0.474. The minimum Gasteiger partial charge on any atom is -0.384 e. The van der Waals surface area contributed by atoms with E-state index in [1.807, 2.05) is 12.1 Å². The normalized spacial score (nSPS) is 18.3. The van der Waals surface area contributed by atoms with E-state index in [0.29, 0.717) is 18.4 Å². The van der Waals surface area contributed by atoms with Crippen LogP contribution in [0.15, 0.2) is 30.5 Å². The number of halogens is 1. The molecule has 0 aliphatic carbocycles. The molecule has 0 spiro atoms. The van der Waals surface area contributed by atoms with Crippen molar-refractivity contribution in [1.29, 1.82) is 0 Å². The van der Waals surface area contributed by atoms with Gasteiger partial charge in [0, 0.05) is 23.8 Å². The molecular formula is C19H26ClN5. The molecule has 2 aromatic rings. The number of nitrogens with two attached hydrogens (primary N) is 1. The Balaban J connectivity index is 1.82. The topological polar surface area (TPSA) is 67.1 Å².